The number of hydrogen-bond acceptors (Lipinski definition) is 5. The van der Waals surface area contributed by atoms with Gasteiger partial charge in [0.15, 0.2) is 0 Å². The van der Waals surface area contributed by atoms with Crippen molar-refractivity contribution >= 4 is 12.0 Å². The van der Waals surface area contributed by atoms with E-state index in [2.05, 4.69) is 4.90 Å². The Morgan fingerprint density at radius 1 is 0.933 bits per heavy atom. The Hall–Kier alpha value is -2.28. The number of piperazine rings is 1. The normalized spacial score (nSPS) is 18.9. The van der Waals surface area contributed by atoms with Gasteiger partial charge >= 0.3 is 6.09 Å². The van der Waals surface area contributed by atoms with Crippen molar-refractivity contribution in [2.45, 2.75) is 39.2 Å². The van der Waals surface area contributed by atoms with Gasteiger partial charge in [-0.05, 0) is 45.7 Å². The number of nitrogens with zero attached hydrogens (tertiary/aromatic N) is 3. The summed E-state index contributed by atoms with van der Waals surface area (Å²) in [5.74, 6) is 1.14. The van der Waals surface area contributed by atoms with Gasteiger partial charge in [0.25, 0.3) is 0 Å². The van der Waals surface area contributed by atoms with Crippen molar-refractivity contribution in [1.82, 2.24) is 14.7 Å². The van der Waals surface area contributed by atoms with Crippen molar-refractivity contribution in [2.75, 3.05) is 52.4 Å². The van der Waals surface area contributed by atoms with Gasteiger partial charge in [-0.25, -0.2) is 4.79 Å². The highest BCUT2D eigenvalue weighted by Crippen LogP contribution is 2.22. The first-order chi connectivity index (χ1) is 14.3. The predicted molar refractivity (Wildman–Crippen MR) is 115 cm³/mol. The molecule has 0 spiro atoms. The molecule has 2 saturated heterocycles. The first-order valence-corrected chi connectivity index (χ1v) is 11.0. The van der Waals surface area contributed by atoms with Crippen LogP contribution >= 0.6 is 0 Å². The van der Waals surface area contributed by atoms with E-state index in [1.165, 1.54) is 0 Å². The van der Waals surface area contributed by atoms with E-state index in [1.807, 2.05) is 56.0 Å². The first kappa shape index (κ1) is 22.4. The third-order valence-corrected chi connectivity index (χ3v) is 5.60. The van der Waals surface area contributed by atoms with Gasteiger partial charge in [-0.3, -0.25) is 9.69 Å². The van der Waals surface area contributed by atoms with Crippen molar-refractivity contribution in [3.63, 3.8) is 0 Å². The number of para-hydroxylation sites is 1. The summed E-state index contributed by atoms with van der Waals surface area (Å²) in [4.78, 5) is 31.2. The largest absolute Gasteiger partial charge is 0.492 e. The minimum absolute atomic E-state index is 0.0108. The fraction of sp³-hybridized carbons (Fsp3) is 0.652. The Labute approximate surface area is 179 Å². The summed E-state index contributed by atoms with van der Waals surface area (Å²) in [7, 11) is 0. The highest BCUT2D eigenvalue weighted by molar-refractivity contribution is 5.79. The summed E-state index contributed by atoms with van der Waals surface area (Å²) in [6, 6.07) is 9.84. The smallest absolute Gasteiger partial charge is 0.410 e. The van der Waals surface area contributed by atoms with Gasteiger partial charge in [0.05, 0.1) is 0 Å². The number of amides is 2. The van der Waals surface area contributed by atoms with Gasteiger partial charge < -0.3 is 19.3 Å². The first-order valence-electron chi connectivity index (χ1n) is 11.0. The molecule has 30 heavy (non-hydrogen) atoms. The Kier molecular flexibility index (Phi) is 7.58. The van der Waals surface area contributed by atoms with E-state index >= 15 is 0 Å². The number of carbonyl (C=O) groups is 2. The Morgan fingerprint density at radius 3 is 2.17 bits per heavy atom. The molecule has 2 amide bonds. The van der Waals surface area contributed by atoms with Crippen LogP contribution in [-0.4, -0.2) is 84.7 Å². The van der Waals surface area contributed by atoms with Crippen molar-refractivity contribution in [3.8, 4) is 5.75 Å². The maximum atomic E-state index is 12.9. The molecule has 0 N–H and O–H groups in total. The number of carbonyl (C=O) groups excluding carboxylic acids is 2. The summed E-state index contributed by atoms with van der Waals surface area (Å²) < 4.78 is 11.2. The van der Waals surface area contributed by atoms with Gasteiger partial charge in [-0.15, -0.1) is 0 Å². The Balaban J connectivity index is 1.35. The van der Waals surface area contributed by atoms with E-state index in [9.17, 15) is 9.59 Å². The maximum absolute atomic E-state index is 12.9. The lowest BCUT2D eigenvalue weighted by Crippen LogP contribution is -2.52. The van der Waals surface area contributed by atoms with Crippen molar-refractivity contribution in [2.24, 2.45) is 5.92 Å². The Bertz CT molecular complexity index is 688. The zero-order chi connectivity index (χ0) is 21.6. The lowest BCUT2D eigenvalue weighted by molar-refractivity contribution is -0.138. The van der Waals surface area contributed by atoms with Gasteiger partial charge in [0, 0.05) is 51.7 Å². The van der Waals surface area contributed by atoms with Crippen molar-refractivity contribution in [3.05, 3.63) is 30.3 Å². The van der Waals surface area contributed by atoms with Crippen LogP contribution in [0.15, 0.2) is 30.3 Å². The molecule has 0 unspecified atom stereocenters. The number of rotatable bonds is 5. The molecule has 0 atom stereocenters. The highest BCUT2D eigenvalue weighted by Gasteiger charge is 2.33. The summed E-state index contributed by atoms with van der Waals surface area (Å²) in [5, 5.41) is 0. The van der Waals surface area contributed by atoms with Gasteiger partial charge in [-0.2, -0.15) is 0 Å². The fourth-order valence-electron chi connectivity index (χ4n) is 3.89. The van der Waals surface area contributed by atoms with Gasteiger partial charge in [0.2, 0.25) is 5.91 Å². The van der Waals surface area contributed by atoms with Crippen LogP contribution in [0.5, 0.6) is 5.75 Å². The molecule has 0 radical (unpaired) electrons. The molecule has 166 valence electrons. The van der Waals surface area contributed by atoms with E-state index in [4.69, 9.17) is 9.47 Å². The third-order valence-electron chi connectivity index (χ3n) is 5.60. The predicted octanol–water partition coefficient (Wildman–Crippen LogP) is 2.86. The lowest BCUT2D eigenvalue weighted by atomic mass is 9.95. The standard InChI is InChI=1S/C23H35N3O4/c1-23(2,3)30-22(28)26-11-9-19(10-12-26)21(27)25-15-13-24(14-16-25)17-18-29-20-7-5-4-6-8-20/h4-8,19H,9-18H2,1-3H3. The summed E-state index contributed by atoms with van der Waals surface area (Å²) in [6.07, 6.45) is 1.15. The van der Waals surface area contributed by atoms with Crippen molar-refractivity contribution in [1.29, 1.82) is 0 Å². The van der Waals surface area contributed by atoms with E-state index < -0.39 is 5.60 Å². The second kappa shape index (κ2) is 10.2. The molecule has 3 rings (SSSR count). The van der Waals surface area contributed by atoms with Gasteiger partial charge in [0.1, 0.15) is 18.0 Å². The van der Waals surface area contributed by atoms with Crippen LogP contribution in [0.4, 0.5) is 4.79 Å². The maximum Gasteiger partial charge on any atom is 0.410 e. The van der Waals surface area contributed by atoms with Crippen molar-refractivity contribution < 1.29 is 19.1 Å². The average Bonchev–Trinajstić information content (AvgIpc) is 2.73. The molecular weight excluding hydrogens is 382 g/mol. The van der Waals surface area contributed by atoms with E-state index in [0.29, 0.717) is 32.5 Å². The summed E-state index contributed by atoms with van der Waals surface area (Å²) in [6.45, 7) is 11.6. The molecule has 0 aliphatic carbocycles. The second-order valence-electron chi connectivity index (χ2n) is 9.07. The molecule has 2 fully saturated rings. The molecule has 0 bridgehead atoms. The number of piperidine rings is 1. The average molecular weight is 418 g/mol. The van der Waals surface area contributed by atoms with Crippen LogP contribution in [-0.2, 0) is 9.53 Å². The zero-order valence-electron chi connectivity index (χ0n) is 18.5. The third kappa shape index (κ3) is 6.62. The van der Waals surface area contributed by atoms with E-state index in [-0.39, 0.29) is 17.9 Å². The SMILES string of the molecule is CC(C)(C)OC(=O)N1CCC(C(=O)N2CCN(CCOc3ccccc3)CC2)CC1. The molecule has 1 aromatic carbocycles. The zero-order valence-corrected chi connectivity index (χ0v) is 18.5. The number of ether oxygens (including phenoxy) is 2. The Morgan fingerprint density at radius 2 is 1.57 bits per heavy atom. The quantitative estimate of drug-likeness (QED) is 0.737. The summed E-state index contributed by atoms with van der Waals surface area (Å²) in [5.41, 5.74) is -0.491. The van der Waals surface area contributed by atoms with Crippen LogP contribution in [0.25, 0.3) is 0 Å². The highest BCUT2D eigenvalue weighted by atomic mass is 16.6. The molecule has 0 aromatic heterocycles. The van der Waals surface area contributed by atoms with Crippen LogP contribution in [0.2, 0.25) is 0 Å². The summed E-state index contributed by atoms with van der Waals surface area (Å²) >= 11 is 0. The van der Waals surface area contributed by atoms with E-state index in [0.717, 1.165) is 38.5 Å². The van der Waals surface area contributed by atoms with Gasteiger partial charge in [-0.1, -0.05) is 18.2 Å². The topological polar surface area (TPSA) is 62.3 Å². The number of hydrogen-bond donors (Lipinski definition) is 0. The molecule has 2 heterocycles. The molecular formula is C23H35N3O4. The van der Waals surface area contributed by atoms with E-state index in [1.54, 1.807) is 4.90 Å². The minimum Gasteiger partial charge on any atom is -0.492 e. The lowest BCUT2D eigenvalue weighted by Gasteiger charge is -2.38. The van der Waals surface area contributed by atoms with Crippen LogP contribution in [0, 0.1) is 5.92 Å². The molecule has 2 aliphatic rings. The molecule has 7 heteroatoms. The molecule has 2 aliphatic heterocycles. The number of likely N-dealkylation sites (tertiary alicyclic amines) is 1. The fourth-order valence-corrected chi connectivity index (χ4v) is 3.89. The van der Waals surface area contributed by atoms with Crippen LogP contribution < -0.4 is 4.74 Å². The van der Waals surface area contributed by atoms with Crippen LogP contribution in [0.3, 0.4) is 0 Å². The molecule has 1 aromatic rings. The monoisotopic (exact) mass is 417 g/mol. The molecule has 0 saturated carbocycles. The number of benzene rings is 1. The van der Waals surface area contributed by atoms with Crippen LogP contribution in [0.1, 0.15) is 33.6 Å². The second-order valence-corrected chi connectivity index (χ2v) is 9.07. The molecule has 7 nitrogen and oxygen atoms in total. The minimum atomic E-state index is -0.491.